The minimum absolute atomic E-state index is 0.200. The largest absolute Gasteiger partial charge is 0.494 e. The number of fused-ring (bicyclic) bond motifs is 1. The van der Waals surface area contributed by atoms with Crippen molar-refractivity contribution in [1.82, 2.24) is 4.98 Å². The Morgan fingerprint density at radius 3 is 2.56 bits per heavy atom. The predicted octanol–water partition coefficient (Wildman–Crippen LogP) is 8.61. The highest BCUT2D eigenvalue weighted by Crippen LogP contribution is 2.33. The molecule has 2 aromatic heterocycles. The fraction of sp³-hybridized carbons (Fsp3) is 0.103. The summed E-state index contributed by atoms with van der Waals surface area (Å²) >= 11 is 12.5. The van der Waals surface area contributed by atoms with Gasteiger partial charge < -0.3 is 13.6 Å². The molecule has 180 valence electrons. The van der Waals surface area contributed by atoms with Gasteiger partial charge in [0.15, 0.2) is 11.4 Å². The number of rotatable bonds is 8. The Morgan fingerprint density at radius 1 is 0.972 bits per heavy atom. The number of ether oxygens (including phenoxy) is 1. The van der Waals surface area contributed by atoms with Gasteiger partial charge >= 0.3 is 0 Å². The van der Waals surface area contributed by atoms with E-state index >= 15 is 0 Å². The van der Waals surface area contributed by atoms with E-state index in [0.29, 0.717) is 56.1 Å². The molecule has 0 aliphatic rings. The first-order valence-corrected chi connectivity index (χ1v) is 12.2. The Bertz CT molecular complexity index is 1530. The number of carbonyl (C=O) groups excluding carboxylic acids is 1. The number of Topliss-reactive ketones (excluding diaryl/α,β-unsaturated/α-hetero) is 1. The molecule has 5 rings (SSSR count). The lowest BCUT2D eigenvalue weighted by Gasteiger charge is -2.06. The molecule has 36 heavy (non-hydrogen) atoms. The molecule has 5 nitrogen and oxygen atoms in total. The summed E-state index contributed by atoms with van der Waals surface area (Å²) in [6, 6.07) is 23.0. The summed E-state index contributed by atoms with van der Waals surface area (Å²) in [7, 11) is 0. The average Bonchev–Trinajstić information content (AvgIpc) is 3.54. The van der Waals surface area contributed by atoms with Crippen LogP contribution in [0.15, 0.2) is 87.7 Å². The van der Waals surface area contributed by atoms with Gasteiger partial charge in [-0.3, -0.25) is 4.79 Å². The minimum atomic E-state index is -0.262. The van der Waals surface area contributed by atoms with Crippen LogP contribution in [0.25, 0.3) is 34.1 Å². The molecule has 0 aliphatic heterocycles. The van der Waals surface area contributed by atoms with Gasteiger partial charge in [0.2, 0.25) is 5.89 Å². The van der Waals surface area contributed by atoms with Gasteiger partial charge in [-0.2, -0.15) is 0 Å². The molecular weight excluding hydrogens is 497 g/mol. The first-order valence-electron chi connectivity index (χ1n) is 11.4. The molecule has 0 amide bonds. The van der Waals surface area contributed by atoms with Crippen LogP contribution in [0.4, 0.5) is 0 Å². The normalized spacial score (nSPS) is 11.7. The van der Waals surface area contributed by atoms with E-state index in [1.165, 1.54) is 0 Å². The van der Waals surface area contributed by atoms with E-state index in [4.69, 9.17) is 36.8 Å². The number of hydrogen-bond donors (Lipinski definition) is 0. The molecule has 0 unspecified atom stereocenters. The number of oxazole rings is 1. The van der Waals surface area contributed by atoms with Crippen molar-refractivity contribution >= 4 is 51.7 Å². The lowest BCUT2D eigenvalue weighted by Crippen LogP contribution is -2.03. The van der Waals surface area contributed by atoms with Crippen LogP contribution in [0.1, 0.15) is 35.4 Å². The molecular formula is C29H21Cl2NO4. The van der Waals surface area contributed by atoms with Gasteiger partial charge in [-0.15, -0.1) is 0 Å². The van der Waals surface area contributed by atoms with Crippen molar-refractivity contribution in [2.45, 2.75) is 13.3 Å². The van der Waals surface area contributed by atoms with Crippen LogP contribution >= 0.6 is 23.2 Å². The van der Waals surface area contributed by atoms with E-state index in [2.05, 4.69) is 4.98 Å². The molecule has 0 fully saturated rings. The van der Waals surface area contributed by atoms with E-state index < -0.39 is 0 Å². The summed E-state index contributed by atoms with van der Waals surface area (Å²) in [5, 5.41) is 1.04. The molecule has 0 aliphatic carbocycles. The van der Waals surface area contributed by atoms with E-state index in [-0.39, 0.29) is 17.2 Å². The highest BCUT2D eigenvalue weighted by Gasteiger charge is 2.21. The smallest absolute Gasteiger partial charge is 0.231 e. The van der Waals surface area contributed by atoms with Crippen LogP contribution in [-0.2, 0) is 0 Å². The first kappa shape index (κ1) is 23.9. The molecule has 3 aromatic carbocycles. The van der Waals surface area contributed by atoms with E-state index in [1.54, 1.807) is 66.7 Å². The number of furan rings is 1. The number of allylic oxidation sites excluding steroid dienone is 1. The maximum Gasteiger partial charge on any atom is 0.231 e. The quantitative estimate of drug-likeness (QED) is 0.152. The first-order chi connectivity index (χ1) is 17.5. The lowest BCUT2D eigenvalue weighted by atomic mass is 10.0. The molecule has 0 N–H and O–H groups in total. The Labute approximate surface area is 217 Å². The molecule has 2 heterocycles. The third-order valence-electron chi connectivity index (χ3n) is 5.47. The Kier molecular flexibility index (Phi) is 6.94. The van der Waals surface area contributed by atoms with Crippen LogP contribution in [0.5, 0.6) is 5.75 Å². The SMILES string of the molecule is CCCOc1ccc(C(=O)C(=Cc2ccc(-c3cc(Cl)ccc3Cl)o2)c2nc3ccccc3o2)cc1. The number of aromatic nitrogens is 1. The third kappa shape index (κ3) is 5.08. The van der Waals surface area contributed by atoms with Crippen LogP contribution in [-0.4, -0.2) is 17.4 Å². The van der Waals surface area contributed by atoms with Gasteiger partial charge in [-0.1, -0.05) is 42.3 Å². The van der Waals surface area contributed by atoms with Crippen molar-refractivity contribution in [3.63, 3.8) is 0 Å². The van der Waals surface area contributed by atoms with Crippen LogP contribution in [0.3, 0.4) is 0 Å². The summed E-state index contributed by atoms with van der Waals surface area (Å²) in [5.74, 6) is 1.61. The minimum Gasteiger partial charge on any atom is -0.494 e. The molecule has 0 saturated heterocycles. The second-order valence-corrected chi connectivity index (χ2v) is 8.92. The third-order valence-corrected chi connectivity index (χ3v) is 6.03. The number of hydrogen-bond acceptors (Lipinski definition) is 5. The predicted molar refractivity (Wildman–Crippen MR) is 143 cm³/mol. The fourth-order valence-electron chi connectivity index (χ4n) is 3.69. The summed E-state index contributed by atoms with van der Waals surface area (Å²) in [5.41, 5.74) is 2.62. The van der Waals surface area contributed by atoms with Gasteiger partial charge in [0.25, 0.3) is 0 Å². The second kappa shape index (κ2) is 10.4. The van der Waals surface area contributed by atoms with Crippen molar-refractivity contribution in [2.24, 2.45) is 0 Å². The summed E-state index contributed by atoms with van der Waals surface area (Å²) in [6.45, 7) is 2.65. The van der Waals surface area contributed by atoms with Crippen molar-refractivity contribution in [3.05, 3.63) is 106 Å². The van der Waals surface area contributed by atoms with Gasteiger partial charge in [-0.05, 0) is 79.2 Å². The topological polar surface area (TPSA) is 65.5 Å². The summed E-state index contributed by atoms with van der Waals surface area (Å²) in [4.78, 5) is 18.2. The Balaban J connectivity index is 1.55. The average molecular weight is 518 g/mol. The zero-order chi connectivity index (χ0) is 25.1. The van der Waals surface area contributed by atoms with Gasteiger partial charge in [0, 0.05) is 16.1 Å². The zero-order valence-corrected chi connectivity index (χ0v) is 20.8. The number of para-hydroxylation sites is 2. The maximum atomic E-state index is 13.6. The highest BCUT2D eigenvalue weighted by atomic mass is 35.5. The van der Waals surface area contributed by atoms with Crippen molar-refractivity contribution in [2.75, 3.05) is 6.61 Å². The fourth-order valence-corrected chi connectivity index (χ4v) is 4.08. The molecule has 0 saturated carbocycles. The molecule has 0 bridgehead atoms. The molecule has 5 aromatic rings. The van der Waals surface area contributed by atoms with Gasteiger partial charge in [0.05, 0.1) is 17.2 Å². The van der Waals surface area contributed by atoms with E-state index in [9.17, 15) is 4.79 Å². The van der Waals surface area contributed by atoms with Gasteiger partial charge in [0.1, 0.15) is 22.8 Å². The molecule has 0 atom stereocenters. The monoisotopic (exact) mass is 517 g/mol. The Hall–Kier alpha value is -3.80. The number of carbonyl (C=O) groups is 1. The molecule has 0 radical (unpaired) electrons. The number of halogens is 2. The van der Waals surface area contributed by atoms with Crippen molar-refractivity contribution < 1.29 is 18.4 Å². The van der Waals surface area contributed by atoms with Crippen LogP contribution in [0.2, 0.25) is 10.0 Å². The number of nitrogens with zero attached hydrogens (tertiary/aromatic N) is 1. The summed E-state index contributed by atoms with van der Waals surface area (Å²) < 4.78 is 17.6. The summed E-state index contributed by atoms with van der Waals surface area (Å²) in [6.07, 6.45) is 2.52. The molecule has 7 heteroatoms. The van der Waals surface area contributed by atoms with Crippen molar-refractivity contribution in [1.29, 1.82) is 0 Å². The van der Waals surface area contributed by atoms with Gasteiger partial charge in [-0.25, -0.2) is 4.98 Å². The maximum absolute atomic E-state index is 13.6. The molecule has 0 spiro atoms. The van der Waals surface area contributed by atoms with E-state index in [1.807, 2.05) is 25.1 Å². The van der Waals surface area contributed by atoms with Crippen LogP contribution in [0, 0.1) is 0 Å². The number of ketones is 1. The van der Waals surface area contributed by atoms with Crippen molar-refractivity contribution in [3.8, 4) is 17.1 Å². The van der Waals surface area contributed by atoms with Crippen LogP contribution < -0.4 is 4.74 Å². The number of benzene rings is 3. The lowest BCUT2D eigenvalue weighted by molar-refractivity contribution is 0.105. The van der Waals surface area contributed by atoms with E-state index in [0.717, 1.165) is 6.42 Å². The zero-order valence-electron chi connectivity index (χ0n) is 19.3. The standard InChI is InChI=1S/C29H21Cl2NO4/c1-2-15-34-20-10-7-18(8-11-20)28(33)23(29-32-25-5-3-4-6-27(25)36-29)17-21-12-14-26(35-21)22-16-19(30)9-13-24(22)31/h3-14,16-17H,2,15H2,1H3. The highest BCUT2D eigenvalue weighted by molar-refractivity contribution is 6.35. The second-order valence-electron chi connectivity index (χ2n) is 8.07. The Morgan fingerprint density at radius 2 is 1.78 bits per heavy atom.